The van der Waals surface area contributed by atoms with Crippen molar-refractivity contribution < 1.29 is 9.84 Å². The second-order valence-electron chi connectivity index (χ2n) is 5.83. The number of aromatic nitrogens is 2. The van der Waals surface area contributed by atoms with Crippen LogP contribution >= 0.6 is 0 Å². The molecular weight excluding hydrogens is 316 g/mol. The molecule has 2 aromatic heterocycles. The van der Waals surface area contributed by atoms with E-state index in [2.05, 4.69) is 9.97 Å². The molecule has 1 unspecified atom stereocenters. The van der Waals surface area contributed by atoms with Gasteiger partial charge in [0, 0.05) is 24.7 Å². The predicted octanol–water partition coefficient (Wildman–Crippen LogP) is 2.81. The molecule has 1 aromatic carbocycles. The SMILES string of the molecule is O=c1cc(-c2ccc(OCC(O)CCc3cccnc3)cc2)cc[nH]1. The van der Waals surface area contributed by atoms with Gasteiger partial charge in [-0.2, -0.15) is 0 Å². The number of benzene rings is 1. The Morgan fingerprint density at radius 2 is 1.96 bits per heavy atom. The molecule has 128 valence electrons. The lowest BCUT2D eigenvalue weighted by Crippen LogP contribution is -2.18. The zero-order valence-corrected chi connectivity index (χ0v) is 13.8. The van der Waals surface area contributed by atoms with E-state index in [0.717, 1.165) is 23.1 Å². The van der Waals surface area contributed by atoms with E-state index < -0.39 is 6.10 Å². The number of hydrogen-bond donors (Lipinski definition) is 2. The Bertz CT molecular complexity index is 845. The monoisotopic (exact) mass is 336 g/mol. The van der Waals surface area contributed by atoms with E-state index in [4.69, 9.17) is 4.74 Å². The Morgan fingerprint density at radius 1 is 1.12 bits per heavy atom. The van der Waals surface area contributed by atoms with Gasteiger partial charge in [0.2, 0.25) is 5.56 Å². The fourth-order valence-corrected chi connectivity index (χ4v) is 2.52. The van der Waals surface area contributed by atoms with E-state index in [-0.39, 0.29) is 12.2 Å². The molecule has 0 aliphatic rings. The fraction of sp³-hybridized carbons (Fsp3) is 0.200. The Hall–Kier alpha value is -2.92. The average Bonchev–Trinajstić information content (AvgIpc) is 2.66. The van der Waals surface area contributed by atoms with Gasteiger partial charge in [-0.15, -0.1) is 0 Å². The number of ether oxygens (including phenoxy) is 1. The number of hydrogen-bond acceptors (Lipinski definition) is 4. The summed E-state index contributed by atoms with van der Waals surface area (Å²) in [5, 5.41) is 10.1. The van der Waals surface area contributed by atoms with Gasteiger partial charge in [-0.3, -0.25) is 9.78 Å². The molecule has 0 aliphatic heterocycles. The lowest BCUT2D eigenvalue weighted by atomic mass is 10.1. The quantitative estimate of drug-likeness (QED) is 0.696. The first-order chi connectivity index (χ1) is 12.2. The smallest absolute Gasteiger partial charge is 0.248 e. The van der Waals surface area contributed by atoms with Crippen LogP contribution in [0.3, 0.4) is 0 Å². The summed E-state index contributed by atoms with van der Waals surface area (Å²) in [6, 6.07) is 14.7. The van der Waals surface area contributed by atoms with Crippen LogP contribution in [0.15, 0.2) is 71.9 Å². The number of pyridine rings is 2. The summed E-state index contributed by atoms with van der Waals surface area (Å²) < 4.78 is 5.64. The number of rotatable bonds is 7. The van der Waals surface area contributed by atoms with Crippen molar-refractivity contribution in [2.24, 2.45) is 0 Å². The number of aryl methyl sites for hydroxylation is 1. The third kappa shape index (κ3) is 5.02. The van der Waals surface area contributed by atoms with Crippen molar-refractivity contribution in [1.29, 1.82) is 0 Å². The highest BCUT2D eigenvalue weighted by molar-refractivity contribution is 5.63. The van der Waals surface area contributed by atoms with Gasteiger partial charge in [0.25, 0.3) is 0 Å². The molecule has 25 heavy (non-hydrogen) atoms. The minimum Gasteiger partial charge on any atom is -0.491 e. The van der Waals surface area contributed by atoms with Crippen LogP contribution in [-0.4, -0.2) is 27.8 Å². The Kier molecular flexibility index (Phi) is 5.59. The van der Waals surface area contributed by atoms with E-state index in [1.807, 2.05) is 42.5 Å². The third-order valence-corrected chi connectivity index (χ3v) is 3.89. The van der Waals surface area contributed by atoms with Crippen LogP contribution in [-0.2, 0) is 6.42 Å². The molecule has 0 amide bonds. The summed E-state index contributed by atoms with van der Waals surface area (Å²) >= 11 is 0. The molecule has 5 nitrogen and oxygen atoms in total. The van der Waals surface area contributed by atoms with Crippen molar-refractivity contribution in [1.82, 2.24) is 9.97 Å². The second kappa shape index (κ2) is 8.26. The summed E-state index contributed by atoms with van der Waals surface area (Å²) in [4.78, 5) is 18.0. The average molecular weight is 336 g/mol. The van der Waals surface area contributed by atoms with Crippen LogP contribution in [0.5, 0.6) is 5.75 Å². The molecule has 0 saturated carbocycles. The van der Waals surface area contributed by atoms with E-state index in [9.17, 15) is 9.90 Å². The molecule has 0 fully saturated rings. The summed E-state index contributed by atoms with van der Waals surface area (Å²) in [5.74, 6) is 0.689. The number of nitrogens with zero attached hydrogens (tertiary/aromatic N) is 1. The molecule has 3 rings (SSSR count). The summed E-state index contributed by atoms with van der Waals surface area (Å²) in [5.41, 5.74) is 2.76. The van der Waals surface area contributed by atoms with Crippen molar-refractivity contribution in [2.45, 2.75) is 18.9 Å². The Morgan fingerprint density at radius 3 is 2.68 bits per heavy atom. The van der Waals surface area contributed by atoms with Gasteiger partial charge in [-0.1, -0.05) is 18.2 Å². The summed E-state index contributed by atoms with van der Waals surface area (Å²) in [7, 11) is 0. The Labute approximate surface area is 146 Å². The third-order valence-electron chi connectivity index (χ3n) is 3.89. The number of nitrogens with one attached hydrogen (secondary N) is 1. The van der Waals surface area contributed by atoms with Crippen molar-refractivity contribution in [3.63, 3.8) is 0 Å². The minimum atomic E-state index is -0.535. The first-order valence-electron chi connectivity index (χ1n) is 8.19. The number of aliphatic hydroxyl groups excluding tert-OH is 1. The fourth-order valence-electron chi connectivity index (χ4n) is 2.52. The maximum absolute atomic E-state index is 11.4. The maximum Gasteiger partial charge on any atom is 0.248 e. The van der Waals surface area contributed by atoms with E-state index in [1.54, 1.807) is 24.7 Å². The van der Waals surface area contributed by atoms with Crippen LogP contribution in [0.1, 0.15) is 12.0 Å². The highest BCUT2D eigenvalue weighted by Crippen LogP contribution is 2.21. The Balaban J connectivity index is 1.50. The first-order valence-corrected chi connectivity index (χ1v) is 8.19. The van der Waals surface area contributed by atoms with Gasteiger partial charge in [0.05, 0.1) is 6.10 Å². The van der Waals surface area contributed by atoms with E-state index >= 15 is 0 Å². The topological polar surface area (TPSA) is 75.2 Å². The van der Waals surface area contributed by atoms with Gasteiger partial charge >= 0.3 is 0 Å². The normalized spacial score (nSPS) is 11.9. The lowest BCUT2D eigenvalue weighted by molar-refractivity contribution is 0.100. The van der Waals surface area contributed by atoms with Gasteiger partial charge in [0.15, 0.2) is 0 Å². The van der Waals surface area contributed by atoms with Crippen molar-refractivity contribution in [2.75, 3.05) is 6.61 Å². The van der Waals surface area contributed by atoms with E-state index in [1.165, 1.54) is 0 Å². The molecule has 2 heterocycles. The molecule has 3 aromatic rings. The number of aromatic amines is 1. The van der Waals surface area contributed by atoms with Gasteiger partial charge in [-0.05, 0) is 53.8 Å². The maximum atomic E-state index is 11.4. The van der Waals surface area contributed by atoms with Crippen LogP contribution in [0, 0.1) is 0 Å². The van der Waals surface area contributed by atoms with Crippen molar-refractivity contribution in [3.05, 3.63) is 83.0 Å². The largest absolute Gasteiger partial charge is 0.491 e. The lowest BCUT2D eigenvalue weighted by Gasteiger charge is -2.12. The molecule has 0 radical (unpaired) electrons. The number of H-pyrrole nitrogens is 1. The van der Waals surface area contributed by atoms with E-state index in [0.29, 0.717) is 12.2 Å². The van der Waals surface area contributed by atoms with Crippen LogP contribution < -0.4 is 10.3 Å². The minimum absolute atomic E-state index is 0.130. The van der Waals surface area contributed by atoms with Gasteiger partial charge < -0.3 is 14.8 Å². The molecule has 5 heteroatoms. The van der Waals surface area contributed by atoms with Gasteiger partial charge in [-0.25, -0.2) is 0 Å². The molecule has 0 aliphatic carbocycles. The van der Waals surface area contributed by atoms with Crippen LogP contribution in [0.2, 0.25) is 0 Å². The first kappa shape index (κ1) is 16.9. The standard InChI is InChI=1S/C20H20N2O3/c23-18(6-3-15-2-1-10-21-13-15)14-25-19-7-4-16(5-8-19)17-9-11-22-20(24)12-17/h1-2,4-5,7-13,18,23H,3,6,14H2,(H,22,24). The number of aliphatic hydroxyl groups is 1. The molecule has 0 spiro atoms. The zero-order valence-electron chi connectivity index (χ0n) is 13.8. The predicted molar refractivity (Wildman–Crippen MR) is 96.6 cm³/mol. The van der Waals surface area contributed by atoms with Crippen molar-refractivity contribution >= 4 is 0 Å². The molecule has 2 N–H and O–H groups in total. The molecule has 0 saturated heterocycles. The highest BCUT2D eigenvalue weighted by atomic mass is 16.5. The molecule has 1 atom stereocenters. The zero-order chi connectivity index (χ0) is 17.5. The van der Waals surface area contributed by atoms with Gasteiger partial charge in [0.1, 0.15) is 12.4 Å². The van der Waals surface area contributed by atoms with Crippen molar-refractivity contribution in [3.8, 4) is 16.9 Å². The van der Waals surface area contributed by atoms with Crippen LogP contribution in [0.4, 0.5) is 0 Å². The highest BCUT2D eigenvalue weighted by Gasteiger charge is 2.06. The second-order valence-corrected chi connectivity index (χ2v) is 5.83. The van der Waals surface area contributed by atoms with Crippen LogP contribution in [0.25, 0.3) is 11.1 Å². The summed E-state index contributed by atoms with van der Waals surface area (Å²) in [6.45, 7) is 0.241. The molecule has 0 bridgehead atoms. The summed E-state index contributed by atoms with van der Waals surface area (Å²) in [6.07, 6.45) is 6.02. The molecular formula is C20H20N2O3.